The molecule has 1 atom stereocenters. The average molecular weight is 285 g/mol. The molecular weight excluding hydrogens is 271 g/mol. The summed E-state index contributed by atoms with van der Waals surface area (Å²) in [5.41, 5.74) is 1.10. The molecule has 1 fully saturated rings. The van der Waals surface area contributed by atoms with Crippen molar-refractivity contribution in [2.75, 3.05) is 0 Å². The van der Waals surface area contributed by atoms with Gasteiger partial charge in [-0.2, -0.15) is 0 Å². The maximum atomic E-state index is 12.9. The van der Waals surface area contributed by atoms with Crippen LogP contribution in [-0.4, -0.2) is 5.78 Å². The molecule has 16 heavy (non-hydrogen) atoms. The van der Waals surface area contributed by atoms with Gasteiger partial charge in [0.15, 0.2) is 0 Å². The lowest BCUT2D eigenvalue weighted by Gasteiger charge is -2.21. The largest absolute Gasteiger partial charge is 0.300 e. The third-order valence-corrected chi connectivity index (χ3v) is 3.85. The second-order valence-corrected chi connectivity index (χ2v) is 5.30. The molecule has 2 rings (SSSR count). The van der Waals surface area contributed by atoms with Crippen LogP contribution in [0.3, 0.4) is 0 Å². The predicted octanol–water partition coefficient (Wildman–Crippen LogP) is 3.89. The fourth-order valence-corrected chi connectivity index (χ4v) is 2.80. The Morgan fingerprint density at radius 3 is 2.94 bits per heavy atom. The van der Waals surface area contributed by atoms with Crippen molar-refractivity contribution in [2.45, 2.75) is 32.1 Å². The number of halogens is 2. The first kappa shape index (κ1) is 11.8. The summed E-state index contributed by atoms with van der Waals surface area (Å²) in [5, 5.41) is 0. The van der Waals surface area contributed by atoms with Crippen LogP contribution >= 0.6 is 15.9 Å². The summed E-state index contributed by atoms with van der Waals surface area (Å²) in [4.78, 5) is 11.3. The van der Waals surface area contributed by atoms with Crippen molar-refractivity contribution in [3.63, 3.8) is 0 Å². The normalized spacial score (nSPS) is 21.1. The van der Waals surface area contributed by atoms with Gasteiger partial charge in [0.05, 0.1) is 0 Å². The Morgan fingerprint density at radius 1 is 1.44 bits per heavy atom. The summed E-state index contributed by atoms with van der Waals surface area (Å²) < 4.78 is 13.7. The van der Waals surface area contributed by atoms with Crippen molar-refractivity contribution < 1.29 is 9.18 Å². The number of carbonyl (C=O) groups excluding carboxylic acids is 1. The molecule has 3 heteroatoms. The van der Waals surface area contributed by atoms with Crippen molar-refractivity contribution in [2.24, 2.45) is 5.92 Å². The van der Waals surface area contributed by atoms with E-state index in [-0.39, 0.29) is 5.82 Å². The molecule has 86 valence electrons. The van der Waals surface area contributed by atoms with Crippen molar-refractivity contribution in [3.8, 4) is 0 Å². The van der Waals surface area contributed by atoms with Crippen molar-refractivity contribution >= 4 is 21.7 Å². The summed E-state index contributed by atoms with van der Waals surface area (Å²) in [6, 6.07) is 4.77. The molecule has 1 unspecified atom stereocenters. The summed E-state index contributed by atoms with van der Waals surface area (Å²) >= 11 is 3.36. The quantitative estimate of drug-likeness (QED) is 0.805. The van der Waals surface area contributed by atoms with Gasteiger partial charge >= 0.3 is 0 Å². The lowest BCUT2D eigenvalue weighted by atomic mass is 9.84. The molecule has 1 aliphatic rings. The van der Waals surface area contributed by atoms with Gasteiger partial charge in [0.2, 0.25) is 0 Å². The number of Topliss-reactive ketones (excluding diaryl/α,β-unsaturated/α-hetero) is 1. The monoisotopic (exact) mass is 284 g/mol. The van der Waals surface area contributed by atoms with Gasteiger partial charge in [-0.1, -0.05) is 22.0 Å². The van der Waals surface area contributed by atoms with Gasteiger partial charge in [-0.05, 0) is 42.9 Å². The van der Waals surface area contributed by atoms with Gasteiger partial charge in [0, 0.05) is 17.3 Å². The molecule has 0 saturated heterocycles. The number of hydrogen-bond donors (Lipinski definition) is 0. The number of rotatable bonds is 2. The lowest BCUT2D eigenvalue weighted by Crippen LogP contribution is -2.17. The van der Waals surface area contributed by atoms with Crippen LogP contribution in [0.15, 0.2) is 22.7 Å². The molecule has 0 amide bonds. The minimum absolute atomic E-state index is 0.227. The smallest absolute Gasteiger partial charge is 0.133 e. The standard InChI is InChI=1S/C13H14BrFO/c14-13-8-11(15)5-4-10(13)6-9-2-1-3-12(16)7-9/h4-5,8-9H,1-3,6-7H2. The summed E-state index contributed by atoms with van der Waals surface area (Å²) in [6.07, 6.45) is 4.40. The Morgan fingerprint density at radius 2 is 2.25 bits per heavy atom. The Balaban J connectivity index is 2.05. The zero-order valence-electron chi connectivity index (χ0n) is 9.01. The average Bonchev–Trinajstić information content (AvgIpc) is 2.22. The first-order valence-electron chi connectivity index (χ1n) is 5.61. The van der Waals surface area contributed by atoms with Crippen LogP contribution in [0.1, 0.15) is 31.2 Å². The molecule has 0 aromatic heterocycles. The van der Waals surface area contributed by atoms with E-state index in [1.54, 1.807) is 6.07 Å². The van der Waals surface area contributed by atoms with E-state index in [1.165, 1.54) is 12.1 Å². The highest BCUT2D eigenvalue weighted by atomic mass is 79.9. The second-order valence-electron chi connectivity index (χ2n) is 4.44. The van der Waals surface area contributed by atoms with E-state index in [9.17, 15) is 9.18 Å². The van der Waals surface area contributed by atoms with Gasteiger partial charge in [0.1, 0.15) is 11.6 Å². The van der Waals surface area contributed by atoms with E-state index in [0.717, 1.165) is 35.7 Å². The maximum Gasteiger partial charge on any atom is 0.133 e. The number of ketones is 1. The van der Waals surface area contributed by atoms with E-state index in [1.807, 2.05) is 0 Å². The fraction of sp³-hybridized carbons (Fsp3) is 0.462. The highest BCUT2D eigenvalue weighted by Crippen LogP contribution is 2.28. The molecule has 0 radical (unpaired) electrons. The minimum Gasteiger partial charge on any atom is -0.300 e. The molecule has 1 saturated carbocycles. The van der Waals surface area contributed by atoms with E-state index >= 15 is 0 Å². The number of carbonyl (C=O) groups is 1. The highest BCUT2D eigenvalue weighted by Gasteiger charge is 2.20. The topological polar surface area (TPSA) is 17.1 Å². The zero-order chi connectivity index (χ0) is 11.5. The SMILES string of the molecule is O=C1CCCC(Cc2ccc(F)cc2Br)C1. The Labute approximate surface area is 103 Å². The summed E-state index contributed by atoms with van der Waals surface area (Å²) in [6.45, 7) is 0. The number of hydrogen-bond acceptors (Lipinski definition) is 1. The van der Waals surface area contributed by atoms with Gasteiger partial charge < -0.3 is 0 Å². The first-order valence-corrected chi connectivity index (χ1v) is 6.40. The lowest BCUT2D eigenvalue weighted by molar-refractivity contribution is -0.121. The van der Waals surface area contributed by atoms with Crippen LogP contribution in [-0.2, 0) is 11.2 Å². The van der Waals surface area contributed by atoms with Crippen LogP contribution < -0.4 is 0 Å². The minimum atomic E-state index is -0.227. The molecule has 0 aliphatic heterocycles. The van der Waals surface area contributed by atoms with E-state index in [2.05, 4.69) is 15.9 Å². The predicted molar refractivity (Wildman–Crippen MR) is 64.8 cm³/mol. The van der Waals surface area contributed by atoms with Crippen LogP contribution in [0.5, 0.6) is 0 Å². The van der Waals surface area contributed by atoms with Gasteiger partial charge in [0.25, 0.3) is 0 Å². The Bertz CT molecular complexity index is 403. The Kier molecular flexibility index (Phi) is 3.74. The fourth-order valence-electron chi connectivity index (χ4n) is 2.29. The molecule has 1 aliphatic carbocycles. The molecule has 1 aromatic carbocycles. The van der Waals surface area contributed by atoms with Crippen molar-refractivity contribution in [1.29, 1.82) is 0 Å². The third-order valence-electron chi connectivity index (χ3n) is 3.11. The second kappa shape index (κ2) is 5.09. The van der Waals surface area contributed by atoms with E-state index < -0.39 is 0 Å². The molecule has 1 aromatic rings. The van der Waals surface area contributed by atoms with Gasteiger partial charge in [-0.15, -0.1) is 0 Å². The van der Waals surface area contributed by atoms with Crippen LogP contribution in [0, 0.1) is 11.7 Å². The molecule has 0 bridgehead atoms. The van der Waals surface area contributed by atoms with Gasteiger partial charge in [-0.3, -0.25) is 4.79 Å². The van der Waals surface area contributed by atoms with Crippen molar-refractivity contribution in [3.05, 3.63) is 34.1 Å². The first-order chi connectivity index (χ1) is 7.65. The highest BCUT2D eigenvalue weighted by molar-refractivity contribution is 9.10. The van der Waals surface area contributed by atoms with Crippen molar-refractivity contribution in [1.82, 2.24) is 0 Å². The van der Waals surface area contributed by atoms with E-state index in [4.69, 9.17) is 0 Å². The van der Waals surface area contributed by atoms with E-state index in [0.29, 0.717) is 18.1 Å². The van der Waals surface area contributed by atoms with Gasteiger partial charge in [-0.25, -0.2) is 4.39 Å². The molecular formula is C13H14BrFO. The van der Waals surface area contributed by atoms with Crippen LogP contribution in [0.2, 0.25) is 0 Å². The molecule has 0 heterocycles. The van der Waals surface area contributed by atoms with Crippen LogP contribution in [0.4, 0.5) is 4.39 Å². The summed E-state index contributed by atoms with van der Waals surface area (Å²) in [7, 11) is 0. The molecule has 0 N–H and O–H groups in total. The third kappa shape index (κ3) is 2.91. The molecule has 0 spiro atoms. The Hall–Kier alpha value is -0.700. The zero-order valence-corrected chi connectivity index (χ0v) is 10.6. The molecule has 1 nitrogen and oxygen atoms in total. The number of benzene rings is 1. The summed E-state index contributed by atoms with van der Waals surface area (Å²) in [5.74, 6) is 0.577. The maximum absolute atomic E-state index is 12.9. The van der Waals surface area contributed by atoms with Crippen LogP contribution in [0.25, 0.3) is 0 Å².